The van der Waals surface area contributed by atoms with E-state index in [1.807, 2.05) is 6.92 Å². The number of halogens is 1. The number of benzene rings is 2. The van der Waals surface area contributed by atoms with E-state index >= 15 is 0 Å². The minimum atomic E-state index is -0.809. The number of aryl methyl sites for hydroxylation is 1. The Morgan fingerprint density at radius 2 is 1.89 bits per heavy atom. The van der Waals surface area contributed by atoms with Crippen LogP contribution in [0.4, 0.5) is 0 Å². The monoisotopic (exact) mass is 491 g/mol. The summed E-state index contributed by atoms with van der Waals surface area (Å²) in [5.74, 6) is -0.144. The molecule has 1 N–H and O–H groups in total. The summed E-state index contributed by atoms with van der Waals surface area (Å²) in [7, 11) is 1.52. The average Bonchev–Trinajstić information content (AvgIpc) is 2.87. The number of rotatable bonds is 7. The molecule has 35 heavy (non-hydrogen) atoms. The van der Waals surface area contributed by atoms with Crippen molar-refractivity contribution in [2.75, 3.05) is 7.11 Å². The fraction of sp³-hybridized carbons (Fsp3) is 0.160. The van der Waals surface area contributed by atoms with Crippen molar-refractivity contribution in [2.45, 2.75) is 20.0 Å². The number of aromatic nitrogens is 4. The zero-order chi connectivity index (χ0) is 24.9. The molecule has 0 radical (unpaired) electrons. The molecule has 2 aromatic carbocycles. The van der Waals surface area contributed by atoms with Crippen LogP contribution < -0.4 is 21.3 Å². The smallest absolute Gasteiger partial charge is 0.352 e. The fourth-order valence-electron chi connectivity index (χ4n) is 3.40. The summed E-state index contributed by atoms with van der Waals surface area (Å²) in [6.45, 7) is 1.88. The van der Waals surface area contributed by atoms with Gasteiger partial charge in [-0.25, -0.2) is 4.79 Å². The number of ether oxygens (including phenoxy) is 1. The van der Waals surface area contributed by atoms with Crippen LogP contribution in [0.15, 0.2) is 76.6 Å². The molecule has 0 bridgehead atoms. The summed E-state index contributed by atoms with van der Waals surface area (Å²) in [6, 6.07) is 15.4. The first-order chi connectivity index (χ1) is 16.9. The summed E-state index contributed by atoms with van der Waals surface area (Å²) in [5.41, 5.74) is 0.584. The molecular weight excluding hydrogens is 470 g/mol. The number of methoxy groups -OCH3 is 1. The van der Waals surface area contributed by atoms with E-state index in [2.05, 4.69) is 15.4 Å². The Morgan fingerprint density at radius 1 is 1.09 bits per heavy atom. The molecule has 9 nitrogen and oxygen atoms in total. The second-order valence-electron chi connectivity index (χ2n) is 7.76. The number of hydrogen-bond acceptors (Lipinski definition) is 6. The Labute approximate surface area is 205 Å². The lowest BCUT2D eigenvalue weighted by molar-refractivity contribution is 0.0941. The van der Waals surface area contributed by atoms with Crippen LogP contribution in [0.25, 0.3) is 5.69 Å². The summed E-state index contributed by atoms with van der Waals surface area (Å²) in [6.07, 6.45) is 3.22. The largest absolute Gasteiger partial charge is 0.497 e. The van der Waals surface area contributed by atoms with Gasteiger partial charge in [0.1, 0.15) is 5.75 Å². The number of amides is 1. The molecular formula is C25H22ClN5O4. The first-order valence-electron chi connectivity index (χ1n) is 10.7. The number of carbonyl (C=O) groups is 1. The van der Waals surface area contributed by atoms with Crippen LogP contribution in [0.1, 0.15) is 27.2 Å². The quantitative estimate of drug-likeness (QED) is 0.426. The van der Waals surface area contributed by atoms with Gasteiger partial charge in [-0.3, -0.25) is 19.1 Å². The van der Waals surface area contributed by atoms with Gasteiger partial charge in [-0.15, -0.1) is 0 Å². The van der Waals surface area contributed by atoms with Crippen molar-refractivity contribution in [3.8, 4) is 11.4 Å². The van der Waals surface area contributed by atoms with Gasteiger partial charge in [-0.05, 0) is 53.9 Å². The van der Waals surface area contributed by atoms with Crippen LogP contribution in [-0.4, -0.2) is 32.3 Å². The highest BCUT2D eigenvalue weighted by atomic mass is 35.5. The van der Waals surface area contributed by atoms with Gasteiger partial charge in [-0.1, -0.05) is 35.9 Å². The maximum Gasteiger partial charge on any atom is 0.352 e. The molecule has 1 amide bonds. The van der Waals surface area contributed by atoms with Crippen molar-refractivity contribution in [3.63, 3.8) is 0 Å². The van der Waals surface area contributed by atoms with Gasteiger partial charge in [-0.2, -0.15) is 9.78 Å². The molecule has 2 heterocycles. The van der Waals surface area contributed by atoms with Crippen LogP contribution in [-0.2, 0) is 13.1 Å². The molecule has 10 heteroatoms. The summed E-state index contributed by atoms with van der Waals surface area (Å²) >= 11 is 6.26. The van der Waals surface area contributed by atoms with E-state index in [1.165, 1.54) is 7.11 Å². The predicted molar refractivity (Wildman–Crippen MR) is 131 cm³/mol. The van der Waals surface area contributed by atoms with Gasteiger partial charge in [0.25, 0.3) is 11.5 Å². The number of hydrogen-bond donors (Lipinski definition) is 1. The normalized spacial score (nSPS) is 10.7. The zero-order valence-electron chi connectivity index (χ0n) is 19.1. The molecule has 0 aliphatic heterocycles. The predicted octanol–water partition coefficient (Wildman–Crippen LogP) is 2.74. The molecule has 178 valence electrons. The third-order valence-electron chi connectivity index (χ3n) is 5.33. The highest BCUT2D eigenvalue weighted by molar-refractivity contribution is 6.31. The summed E-state index contributed by atoms with van der Waals surface area (Å²) in [5, 5.41) is 7.21. The number of pyridine rings is 1. The second-order valence-corrected chi connectivity index (χ2v) is 8.17. The second kappa shape index (κ2) is 10.4. The molecule has 2 aromatic heterocycles. The molecule has 4 aromatic rings. The van der Waals surface area contributed by atoms with Crippen LogP contribution in [0.3, 0.4) is 0 Å². The van der Waals surface area contributed by atoms with Gasteiger partial charge in [0.15, 0.2) is 0 Å². The first-order valence-corrected chi connectivity index (χ1v) is 11.1. The maximum absolute atomic E-state index is 13.3. The van der Waals surface area contributed by atoms with E-state index in [9.17, 15) is 14.4 Å². The zero-order valence-corrected chi connectivity index (χ0v) is 19.8. The number of nitrogens with one attached hydrogen (secondary N) is 1. The maximum atomic E-state index is 13.3. The van der Waals surface area contributed by atoms with E-state index in [4.69, 9.17) is 16.3 Å². The molecule has 4 rings (SSSR count). The lowest BCUT2D eigenvalue weighted by Gasteiger charge is -2.13. The van der Waals surface area contributed by atoms with Gasteiger partial charge in [0.05, 0.1) is 19.3 Å². The van der Waals surface area contributed by atoms with Crippen LogP contribution in [0.5, 0.6) is 5.75 Å². The molecule has 0 spiro atoms. The van der Waals surface area contributed by atoms with Crippen molar-refractivity contribution in [3.05, 3.63) is 115 Å². The molecule has 0 aliphatic carbocycles. The Bertz CT molecular complexity index is 1500. The molecule has 0 saturated carbocycles. The highest BCUT2D eigenvalue weighted by Gasteiger charge is 2.21. The standard InChI is InChI=1S/C25H22ClN5O4/c1-16-8-9-19(12-21(16)26)31-25(34)30(15-17-5-3-7-20(11-17)35-2)24(33)22(29-31)23(32)28-14-18-6-4-10-27-13-18/h3-13H,14-15H2,1-2H3,(H,28,32). The third-order valence-corrected chi connectivity index (χ3v) is 5.73. The van der Waals surface area contributed by atoms with Crippen molar-refractivity contribution in [2.24, 2.45) is 0 Å². The molecule has 0 fully saturated rings. The molecule has 0 aliphatic rings. The Morgan fingerprint density at radius 3 is 2.60 bits per heavy atom. The highest BCUT2D eigenvalue weighted by Crippen LogP contribution is 2.18. The topological polar surface area (TPSA) is 108 Å². The number of nitrogens with zero attached hydrogens (tertiary/aromatic N) is 4. The van der Waals surface area contributed by atoms with E-state index in [1.54, 1.807) is 67.0 Å². The van der Waals surface area contributed by atoms with Crippen LogP contribution in [0, 0.1) is 6.92 Å². The minimum Gasteiger partial charge on any atom is -0.497 e. The summed E-state index contributed by atoms with van der Waals surface area (Å²) in [4.78, 5) is 43.6. The van der Waals surface area contributed by atoms with Crippen molar-refractivity contribution in [1.29, 1.82) is 0 Å². The van der Waals surface area contributed by atoms with Crippen LogP contribution in [0.2, 0.25) is 5.02 Å². The fourth-order valence-corrected chi connectivity index (χ4v) is 3.58. The lowest BCUT2D eigenvalue weighted by Crippen LogP contribution is -2.46. The van der Waals surface area contributed by atoms with E-state index in [0.29, 0.717) is 22.0 Å². The van der Waals surface area contributed by atoms with Crippen molar-refractivity contribution < 1.29 is 9.53 Å². The Balaban J connectivity index is 1.80. The van der Waals surface area contributed by atoms with E-state index in [-0.39, 0.29) is 13.1 Å². The average molecular weight is 492 g/mol. The number of carbonyl (C=O) groups excluding carboxylic acids is 1. The Hall–Kier alpha value is -4.24. The first kappa shape index (κ1) is 23.9. The van der Waals surface area contributed by atoms with E-state index in [0.717, 1.165) is 20.4 Å². The molecule has 0 atom stereocenters. The molecule has 0 saturated heterocycles. The van der Waals surface area contributed by atoms with Crippen molar-refractivity contribution >= 4 is 17.5 Å². The minimum absolute atomic E-state index is 0.0835. The van der Waals surface area contributed by atoms with Gasteiger partial charge in [0, 0.05) is 24.0 Å². The van der Waals surface area contributed by atoms with Gasteiger partial charge in [0.2, 0.25) is 5.69 Å². The van der Waals surface area contributed by atoms with Gasteiger partial charge < -0.3 is 10.1 Å². The van der Waals surface area contributed by atoms with Gasteiger partial charge >= 0.3 is 5.69 Å². The lowest BCUT2D eigenvalue weighted by atomic mass is 10.2. The van der Waals surface area contributed by atoms with Crippen molar-refractivity contribution in [1.82, 2.24) is 24.6 Å². The van der Waals surface area contributed by atoms with E-state index < -0.39 is 22.9 Å². The summed E-state index contributed by atoms with van der Waals surface area (Å²) < 4.78 is 7.21. The third kappa shape index (κ3) is 5.30. The SMILES string of the molecule is COc1cccc(Cn2c(=O)c(C(=O)NCc3cccnc3)nn(-c3ccc(C)c(Cl)c3)c2=O)c1. The van der Waals surface area contributed by atoms with Crippen LogP contribution >= 0.6 is 11.6 Å². The Kier molecular flexibility index (Phi) is 7.07. The molecule has 0 unspecified atom stereocenters.